The summed E-state index contributed by atoms with van der Waals surface area (Å²) < 4.78 is 39.8. The van der Waals surface area contributed by atoms with Gasteiger partial charge in [0.25, 0.3) is 21.6 Å². The summed E-state index contributed by atoms with van der Waals surface area (Å²) in [6.07, 6.45) is 0. The Kier molecular flexibility index (Phi) is 7.29. The number of furan rings is 1. The van der Waals surface area contributed by atoms with Gasteiger partial charge in [0, 0.05) is 23.1 Å². The van der Waals surface area contributed by atoms with Gasteiger partial charge < -0.3 is 9.15 Å². The molecule has 3 aromatic carbocycles. The van der Waals surface area contributed by atoms with Crippen molar-refractivity contribution in [3.8, 4) is 0 Å². The van der Waals surface area contributed by atoms with Crippen LogP contribution < -0.4 is 4.31 Å². The van der Waals surface area contributed by atoms with Gasteiger partial charge >= 0.3 is 5.97 Å². The van der Waals surface area contributed by atoms with Crippen LogP contribution >= 0.6 is 0 Å². The second kappa shape index (κ2) is 10.3. The first kappa shape index (κ1) is 27.5. The highest BCUT2D eigenvalue weighted by Gasteiger charge is 2.35. The maximum Gasteiger partial charge on any atom is 0.342 e. The second-order valence-electron chi connectivity index (χ2n) is 9.02. The standard InChI is InChI=1S/C28H26N2O8S/c1-6-37-28(32)26-19(5)38-24-11-10-21(15-23(24)26)29(27(31)20-8-7-9-22(14-20)30(33)34)39(35,36)25-13-17(3)16(2)12-18(25)4/h7-15H,6H2,1-5H3. The van der Waals surface area contributed by atoms with Gasteiger partial charge in [0.1, 0.15) is 16.9 Å². The van der Waals surface area contributed by atoms with E-state index in [0.717, 1.165) is 11.6 Å². The van der Waals surface area contributed by atoms with E-state index in [9.17, 15) is 28.1 Å². The number of carbonyl (C=O) groups excluding carboxylic acids is 2. The third kappa shape index (κ3) is 5.00. The predicted molar refractivity (Wildman–Crippen MR) is 145 cm³/mol. The number of nitro groups is 1. The maximum absolute atomic E-state index is 14.2. The lowest BCUT2D eigenvalue weighted by molar-refractivity contribution is -0.384. The number of carbonyl (C=O) groups is 2. The van der Waals surface area contributed by atoms with Crippen LogP contribution in [0, 0.1) is 37.8 Å². The van der Waals surface area contributed by atoms with Crippen LogP contribution in [-0.2, 0) is 14.8 Å². The zero-order valence-electron chi connectivity index (χ0n) is 22.0. The summed E-state index contributed by atoms with van der Waals surface area (Å²) >= 11 is 0. The molecular weight excluding hydrogens is 524 g/mol. The van der Waals surface area contributed by atoms with Crippen molar-refractivity contribution in [2.75, 3.05) is 10.9 Å². The first-order chi connectivity index (χ1) is 18.4. The zero-order valence-corrected chi connectivity index (χ0v) is 22.8. The third-order valence-corrected chi connectivity index (χ3v) is 8.21. The number of fused-ring (bicyclic) bond motifs is 1. The fraction of sp³-hybridized carbons (Fsp3) is 0.214. The average Bonchev–Trinajstić information content (AvgIpc) is 3.21. The van der Waals surface area contributed by atoms with Crippen molar-refractivity contribution in [2.24, 2.45) is 0 Å². The molecule has 0 aliphatic heterocycles. The number of hydrogen-bond donors (Lipinski definition) is 0. The fourth-order valence-corrected chi connectivity index (χ4v) is 6.04. The Balaban J connectivity index is 1.99. The molecule has 39 heavy (non-hydrogen) atoms. The number of sulfonamides is 1. The molecule has 1 amide bonds. The molecule has 0 aliphatic carbocycles. The van der Waals surface area contributed by atoms with Gasteiger partial charge in [-0.1, -0.05) is 12.1 Å². The molecule has 0 atom stereocenters. The number of amides is 1. The molecule has 4 rings (SSSR count). The van der Waals surface area contributed by atoms with Crippen LogP contribution in [0.4, 0.5) is 11.4 Å². The second-order valence-corrected chi connectivity index (χ2v) is 10.8. The van der Waals surface area contributed by atoms with E-state index in [1.807, 2.05) is 6.92 Å². The summed E-state index contributed by atoms with van der Waals surface area (Å²) in [6.45, 7) is 8.56. The zero-order chi connectivity index (χ0) is 28.6. The summed E-state index contributed by atoms with van der Waals surface area (Å²) in [5, 5.41) is 11.6. The average molecular weight is 551 g/mol. The summed E-state index contributed by atoms with van der Waals surface area (Å²) in [6, 6.07) is 12.2. The van der Waals surface area contributed by atoms with E-state index in [1.165, 1.54) is 42.5 Å². The number of nitrogens with zero attached hydrogens (tertiary/aromatic N) is 2. The van der Waals surface area contributed by atoms with Crippen molar-refractivity contribution >= 4 is 44.2 Å². The molecule has 0 radical (unpaired) electrons. The molecular formula is C28H26N2O8S. The maximum atomic E-state index is 14.2. The number of hydrogen-bond acceptors (Lipinski definition) is 8. The monoisotopic (exact) mass is 550 g/mol. The minimum absolute atomic E-state index is 0.0806. The largest absolute Gasteiger partial charge is 0.462 e. The number of benzene rings is 3. The first-order valence-corrected chi connectivity index (χ1v) is 13.4. The minimum Gasteiger partial charge on any atom is -0.462 e. The predicted octanol–water partition coefficient (Wildman–Crippen LogP) is 5.79. The van der Waals surface area contributed by atoms with Gasteiger partial charge in [0.2, 0.25) is 0 Å². The van der Waals surface area contributed by atoms with E-state index < -0.39 is 26.8 Å². The van der Waals surface area contributed by atoms with Gasteiger partial charge in [-0.25, -0.2) is 13.2 Å². The van der Waals surface area contributed by atoms with Gasteiger partial charge in [0.15, 0.2) is 0 Å². The molecule has 11 heteroatoms. The lowest BCUT2D eigenvalue weighted by Gasteiger charge is -2.24. The molecule has 0 aliphatic rings. The van der Waals surface area contributed by atoms with Crippen LogP contribution in [-0.4, -0.2) is 31.8 Å². The Labute approximate surface area is 225 Å². The Morgan fingerprint density at radius 2 is 1.67 bits per heavy atom. The molecule has 0 fully saturated rings. The molecule has 0 unspecified atom stereocenters. The van der Waals surface area contributed by atoms with Crippen LogP contribution in [0.15, 0.2) is 63.9 Å². The Bertz CT molecular complexity index is 1750. The van der Waals surface area contributed by atoms with E-state index >= 15 is 0 Å². The SMILES string of the molecule is CCOC(=O)c1c(C)oc2ccc(N(C(=O)c3cccc([N+](=O)[O-])c3)S(=O)(=O)c3cc(C)c(C)cc3C)cc12. The topological polar surface area (TPSA) is 137 Å². The molecule has 4 aromatic rings. The molecule has 0 N–H and O–H groups in total. The fourth-order valence-electron chi connectivity index (χ4n) is 4.34. The molecule has 1 aromatic heterocycles. The number of ether oxygens (including phenoxy) is 1. The summed E-state index contributed by atoms with van der Waals surface area (Å²) in [5.74, 6) is -1.39. The van der Waals surface area contributed by atoms with Crippen LogP contribution in [0.2, 0.25) is 0 Å². The van der Waals surface area contributed by atoms with E-state index in [1.54, 1.807) is 33.8 Å². The highest BCUT2D eigenvalue weighted by Crippen LogP contribution is 2.35. The van der Waals surface area contributed by atoms with Crippen LogP contribution in [0.5, 0.6) is 0 Å². The molecule has 202 valence electrons. The van der Waals surface area contributed by atoms with Crippen molar-refractivity contribution in [3.05, 3.63) is 98.3 Å². The van der Waals surface area contributed by atoms with Crippen LogP contribution in [0.1, 0.15) is 50.1 Å². The quantitative estimate of drug-likeness (QED) is 0.160. The van der Waals surface area contributed by atoms with Crippen molar-refractivity contribution < 1.29 is 32.1 Å². The van der Waals surface area contributed by atoms with E-state index in [-0.39, 0.29) is 45.2 Å². The molecule has 0 saturated heterocycles. The number of anilines is 1. The van der Waals surface area contributed by atoms with E-state index in [0.29, 0.717) is 21.0 Å². The van der Waals surface area contributed by atoms with Crippen LogP contribution in [0.3, 0.4) is 0 Å². The van der Waals surface area contributed by atoms with Gasteiger partial charge in [0.05, 0.1) is 22.1 Å². The molecule has 0 saturated carbocycles. The minimum atomic E-state index is -4.54. The molecule has 10 nitrogen and oxygen atoms in total. The van der Waals surface area contributed by atoms with Gasteiger partial charge in [-0.2, -0.15) is 4.31 Å². The Morgan fingerprint density at radius 3 is 2.33 bits per heavy atom. The number of rotatable bonds is 7. The van der Waals surface area contributed by atoms with Crippen molar-refractivity contribution in [1.29, 1.82) is 0 Å². The highest BCUT2D eigenvalue weighted by molar-refractivity contribution is 7.93. The van der Waals surface area contributed by atoms with Crippen molar-refractivity contribution in [2.45, 2.75) is 39.5 Å². The number of aryl methyl sites for hydroxylation is 4. The van der Waals surface area contributed by atoms with Crippen molar-refractivity contribution in [1.82, 2.24) is 0 Å². The number of nitro benzene ring substituents is 1. The lowest BCUT2D eigenvalue weighted by Crippen LogP contribution is -2.37. The molecule has 1 heterocycles. The number of non-ortho nitro benzene ring substituents is 1. The van der Waals surface area contributed by atoms with Gasteiger partial charge in [-0.3, -0.25) is 14.9 Å². The summed E-state index contributed by atoms with van der Waals surface area (Å²) in [5.41, 5.74) is 1.74. The highest BCUT2D eigenvalue weighted by atomic mass is 32.2. The van der Waals surface area contributed by atoms with Crippen molar-refractivity contribution in [3.63, 3.8) is 0 Å². The number of esters is 1. The van der Waals surface area contributed by atoms with Gasteiger partial charge in [-0.05, 0) is 81.6 Å². The summed E-state index contributed by atoms with van der Waals surface area (Å²) in [7, 11) is -4.54. The molecule has 0 bridgehead atoms. The van der Waals surface area contributed by atoms with Crippen LogP contribution in [0.25, 0.3) is 11.0 Å². The lowest BCUT2D eigenvalue weighted by atomic mass is 10.1. The van der Waals surface area contributed by atoms with E-state index in [2.05, 4.69) is 0 Å². The normalized spacial score (nSPS) is 11.4. The molecule has 0 spiro atoms. The smallest absolute Gasteiger partial charge is 0.342 e. The van der Waals surface area contributed by atoms with E-state index in [4.69, 9.17) is 9.15 Å². The third-order valence-electron chi connectivity index (χ3n) is 6.36. The Morgan fingerprint density at radius 1 is 0.974 bits per heavy atom. The van der Waals surface area contributed by atoms with Gasteiger partial charge in [-0.15, -0.1) is 0 Å². The first-order valence-electron chi connectivity index (χ1n) is 12.0. The summed E-state index contributed by atoms with van der Waals surface area (Å²) in [4.78, 5) is 37.1. The Hall–Kier alpha value is -4.51.